The summed E-state index contributed by atoms with van der Waals surface area (Å²) in [6.45, 7) is 5.32. The van der Waals surface area contributed by atoms with Crippen molar-refractivity contribution in [3.8, 4) is 0 Å². The lowest BCUT2D eigenvalue weighted by atomic mass is 10.2. The third kappa shape index (κ3) is 4.84. The molecular weight excluding hydrogens is 228 g/mol. The largest absolute Gasteiger partial charge is 0.396 e. The average Bonchev–Trinajstić information content (AvgIpc) is 2.36. The molecule has 0 saturated carbocycles. The fourth-order valence-corrected chi connectivity index (χ4v) is 1.81. The van der Waals surface area contributed by atoms with Gasteiger partial charge < -0.3 is 10.0 Å². The molecule has 0 atom stereocenters. The van der Waals surface area contributed by atoms with Gasteiger partial charge in [-0.3, -0.25) is 9.78 Å². The first-order valence-corrected chi connectivity index (χ1v) is 6.48. The highest BCUT2D eigenvalue weighted by Gasteiger charge is 2.12. The van der Waals surface area contributed by atoms with E-state index in [2.05, 4.69) is 4.98 Å². The van der Waals surface area contributed by atoms with Gasteiger partial charge in [-0.15, -0.1) is 0 Å². The maximum absolute atomic E-state index is 12.0. The zero-order valence-corrected chi connectivity index (χ0v) is 11.2. The van der Waals surface area contributed by atoms with Crippen LogP contribution in [0.25, 0.3) is 0 Å². The molecule has 4 nitrogen and oxygen atoms in total. The minimum Gasteiger partial charge on any atom is -0.396 e. The average molecular weight is 250 g/mol. The van der Waals surface area contributed by atoms with Gasteiger partial charge >= 0.3 is 0 Å². The molecule has 1 aromatic heterocycles. The predicted molar refractivity (Wildman–Crippen MR) is 71.0 cm³/mol. The number of pyridine rings is 1. The van der Waals surface area contributed by atoms with Crippen LogP contribution < -0.4 is 0 Å². The standard InChI is InChI=1S/C14H22N2O2/c1-3-16(14(18)9-4-5-10-17)11-13-8-6-7-12(2)15-13/h6-8,17H,3-5,9-11H2,1-2H3. The van der Waals surface area contributed by atoms with Gasteiger partial charge in [0.25, 0.3) is 0 Å². The summed E-state index contributed by atoms with van der Waals surface area (Å²) in [5.74, 6) is 0.134. The van der Waals surface area contributed by atoms with E-state index in [1.807, 2.05) is 32.0 Å². The quantitative estimate of drug-likeness (QED) is 0.752. The Morgan fingerprint density at radius 3 is 2.78 bits per heavy atom. The van der Waals surface area contributed by atoms with Crippen LogP contribution in [-0.4, -0.2) is 34.0 Å². The predicted octanol–water partition coefficient (Wildman–Crippen LogP) is 1.90. The Balaban J connectivity index is 2.53. The molecule has 100 valence electrons. The van der Waals surface area contributed by atoms with Gasteiger partial charge in [-0.1, -0.05) is 6.07 Å². The zero-order chi connectivity index (χ0) is 13.4. The molecule has 0 unspecified atom stereocenters. The van der Waals surface area contributed by atoms with Crippen molar-refractivity contribution in [3.63, 3.8) is 0 Å². The maximum atomic E-state index is 12.0. The summed E-state index contributed by atoms with van der Waals surface area (Å²) in [5, 5.41) is 8.71. The second kappa shape index (κ2) is 7.82. The third-order valence-corrected chi connectivity index (χ3v) is 2.83. The third-order valence-electron chi connectivity index (χ3n) is 2.83. The number of aromatic nitrogens is 1. The van der Waals surface area contributed by atoms with Crippen molar-refractivity contribution in [2.75, 3.05) is 13.2 Å². The van der Waals surface area contributed by atoms with Gasteiger partial charge in [0, 0.05) is 25.3 Å². The van der Waals surface area contributed by atoms with Crippen LogP contribution in [0.15, 0.2) is 18.2 Å². The van der Waals surface area contributed by atoms with Crippen LogP contribution in [0.4, 0.5) is 0 Å². The van der Waals surface area contributed by atoms with Gasteiger partial charge in [0.05, 0.1) is 12.2 Å². The Kier molecular flexibility index (Phi) is 6.36. The second-order valence-electron chi connectivity index (χ2n) is 4.36. The molecule has 1 N–H and O–H groups in total. The molecular formula is C14H22N2O2. The van der Waals surface area contributed by atoms with Crippen LogP contribution in [-0.2, 0) is 11.3 Å². The van der Waals surface area contributed by atoms with E-state index in [0.717, 1.165) is 17.8 Å². The van der Waals surface area contributed by atoms with Crippen molar-refractivity contribution < 1.29 is 9.90 Å². The number of hydrogen-bond acceptors (Lipinski definition) is 3. The van der Waals surface area contributed by atoms with Crippen molar-refractivity contribution in [2.24, 2.45) is 0 Å². The van der Waals surface area contributed by atoms with Crippen molar-refractivity contribution in [2.45, 2.75) is 39.7 Å². The molecule has 18 heavy (non-hydrogen) atoms. The number of carbonyl (C=O) groups is 1. The molecule has 0 aliphatic carbocycles. The van der Waals surface area contributed by atoms with Gasteiger partial charge in [0.2, 0.25) is 5.91 Å². The fourth-order valence-electron chi connectivity index (χ4n) is 1.81. The molecule has 1 heterocycles. The zero-order valence-electron chi connectivity index (χ0n) is 11.2. The number of aliphatic hydroxyl groups excluding tert-OH is 1. The first-order chi connectivity index (χ1) is 8.67. The summed E-state index contributed by atoms with van der Waals surface area (Å²) in [6.07, 6.45) is 1.93. The number of aliphatic hydroxyl groups is 1. The first-order valence-electron chi connectivity index (χ1n) is 6.48. The summed E-state index contributed by atoms with van der Waals surface area (Å²) in [4.78, 5) is 18.2. The molecule has 0 aliphatic rings. The number of nitrogens with zero attached hydrogens (tertiary/aromatic N) is 2. The van der Waals surface area contributed by atoms with E-state index in [4.69, 9.17) is 5.11 Å². The van der Waals surface area contributed by atoms with Crippen molar-refractivity contribution in [1.29, 1.82) is 0 Å². The van der Waals surface area contributed by atoms with Crippen molar-refractivity contribution in [1.82, 2.24) is 9.88 Å². The Morgan fingerprint density at radius 1 is 1.39 bits per heavy atom. The highest BCUT2D eigenvalue weighted by molar-refractivity contribution is 5.76. The number of amides is 1. The first kappa shape index (κ1) is 14.6. The van der Waals surface area contributed by atoms with E-state index in [1.54, 1.807) is 4.90 Å². The van der Waals surface area contributed by atoms with E-state index in [1.165, 1.54) is 0 Å². The van der Waals surface area contributed by atoms with Gasteiger partial charge in [-0.05, 0) is 38.8 Å². The number of unbranched alkanes of at least 4 members (excludes halogenated alkanes) is 1. The van der Waals surface area contributed by atoms with Crippen molar-refractivity contribution in [3.05, 3.63) is 29.6 Å². The smallest absolute Gasteiger partial charge is 0.222 e. The second-order valence-corrected chi connectivity index (χ2v) is 4.36. The fraction of sp³-hybridized carbons (Fsp3) is 0.571. The van der Waals surface area contributed by atoms with Crippen LogP contribution in [0.3, 0.4) is 0 Å². The molecule has 1 aromatic rings. The Hall–Kier alpha value is -1.42. The van der Waals surface area contributed by atoms with Crippen LogP contribution in [0.1, 0.15) is 37.6 Å². The Bertz CT molecular complexity index is 380. The molecule has 0 aliphatic heterocycles. The van der Waals surface area contributed by atoms with Crippen LogP contribution >= 0.6 is 0 Å². The lowest BCUT2D eigenvalue weighted by molar-refractivity contribution is -0.131. The molecule has 0 radical (unpaired) electrons. The number of carbonyl (C=O) groups excluding carboxylic acids is 1. The van der Waals surface area contributed by atoms with Gasteiger partial charge in [-0.25, -0.2) is 0 Å². The minimum absolute atomic E-state index is 0.134. The number of aryl methyl sites for hydroxylation is 1. The minimum atomic E-state index is 0.134. The Morgan fingerprint density at radius 2 is 2.17 bits per heavy atom. The maximum Gasteiger partial charge on any atom is 0.222 e. The van der Waals surface area contributed by atoms with E-state index < -0.39 is 0 Å². The SMILES string of the molecule is CCN(Cc1cccc(C)n1)C(=O)CCCCO. The summed E-state index contributed by atoms with van der Waals surface area (Å²) in [6, 6.07) is 5.85. The van der Waals surface area contributed by atoms with E-state index in [-0.39, 0.29) is 12.5 Å². The summed E-state index contributed by atoms with van der Waals surface area (Å²) >= 11 is 0. The van der Waals surface area contributed by atoms with Crippen LogP contribution in [0.5, 0.6) is 0 Å². The summed E-state index contributed by atoms with van der Waals surface area (Å²) < 4.78 is 0. The lowest BCUT2D eigenvalue weighted by Crippen LogP contribution is -2.30. The lowest BCUT2D eigenvalue weighted by Gasteiger charge is -2.20. The van der Waals surface area contributed by atoms with E-state index in [9.17, 15) is 4.79 Å². The molecule has 0 saturated heterocycles. The van der Waals surface area contributed by atoms with Gasteiger partial charge in [0.1, 0.15) is 0 Å². The molecule has 0 bridgehead atoms. The van der Waals surface area contributed by atoms with Crippen LogP contribution in [0.2, 0.25) is 0 Å². The van der Waals surface area contributed by atoms with E-state index >= 15 is 0 Å². The van der Waals surface area contributed by atoms with Crippen LogP contribution in [0, 0.1) is 6.92 Å². The van der Waals surface area contributed by atoms with E-state index in [0.29, 0.717) is 25.9 Å². The van der Waals surface area contributed by atoms with Gasteiger partial charge in [0.15, 0.2) is 0 Å². The van der Waals surface area contributed by atoms with Gasteiger partial charge in [-0.2, -0.15) is 0 Å². The molecule has 0 fully saturated rings. The summed E-state index contributed by atoms with van der Waals surface area (Å²) in [7, 11) is 0. The normalized spacial score (nSPS) is 10.4. The molecule has 1 rings (SSSR count). The summed E-state index contributed by atoms with van der Waals surface area (Å²) in [5.41, 5.74) is 1.89. The number of rotatable bonds is 7. The molecule has 0 aromatic carbocycles. The topological polar surface area (TPSA) is 53.4 Å². The highest BCUT2D eigenvalue weighted by atomic mass is 16.3. The Labute approximate surface area is 109 Å². The van der Waals surface area contributed by atoms with Crippen molar-refractivity contribution >= 4 is 5.91 Å². The number of hydrogen-bond donors (Lipinski definition) is 1. The molecule has 0 spiro atoms. The molecule has 1 amide bonds. The monoisotopic (exact) mass is 250 g/mol. The molecule has 4 heteroatoms. The highest BCUT2D eigenvalue weighted by Crippen LogP contribution is 2.07.